The van der Waals surface area contributed by atoms with E-state index in [-0.39, 0.29) is 30.7 Å². The summed E-state index contributed by atoms with van der Waals surface area (Å²) in [5.74, 6) is -2.17. The highest BCUT2D eigenvalue weighted by Gasteiger charge is 2.57. The number of likely N-dealkylation sites (tertiary alicyclic amines) is 1. The van der Waals surface area contributed by atoms with Crippen molar-refractivity contribution in [2.45, 2.75) is 72.5 Å². The molecule has 0 aromatic rings. The van der Waals surface area contributed by atoms with E-state index in [1.807, 2.05) is 41.5 Å². The molecule has 1 saturated heterocycles. The lowest BCUT2D eigenvalue weighted by atomic mass is 9.85. The number of ketones is 1. The van der Waals surface area contributed by atoms with Gasteiger partial charge in [-0.15, -0.1) is 6.58 Å². The van der Waals surface area contributed by atoms with E-state index in [2.05, 4.69) is 37.0 Å². The summed E-state index contributed by atoms with van der Waals surface area (Å²) in [5, 5.41) is 10.3. The maximum Gasteiger partial charge on any atom is 0.318 e. The Morgan fingerprint density at radius 3 is 2.31 bits per heavy atom. The van der Waals surface area contributed by atoms with Crippen molar-refractivity contribution in [1.82, 2.24) is 25.9 Å². The summed E-state index contributed by atoms with van der Waals surface area (Å²) in [6.07, 6.45) is 2.32. The predicted molar refractivity (Wildman–Crippen MR) is 141 cm³/mol. The largest absolute Gasteiger partial charge is 0.346 e. The number of hydrogen-bond donors (Lipinski definition) is 4. The van der Waals surface area contributed by atoms with Crippen LogP contribution in [0.1, 0.15) is 54.4 Å². The first kappa shape index (κ1) is 29.5. The zero-order valence-electron chi connectivity index (χ0n) is 22.1. The maximum absolute atomic E-state index is 13.7. The number of fused-ring (bicyclic) bond motifs is 1. The van der Waals surface area contributed by atoms with E-state index >= 15 is 0 Å². The van der Waals surface area contributed by atoms with Crippen molar-refractivity contribution < 1.29 is 24.0 Å². The molecule has 0 aromatic carbocycles. The SMILES string of the molecule is C=CCNC(=O)C(=O)C(CCC)NC(=O)[C@@H]1C2=C(C(C)C)[C@H]2CN1C(=O)[C@@H](NC(=O)NP)C(C)(C)C. The highest BCUT2D eigenvalue weighted by atomic mass is 31.0. The van der Waals surface area contributed by atoms with Gasteiger partial charge in [0.15, 0.2) is 0 Å². The van der Waals surface area contributed by atoms with Gasteiger partial charge in [0.1, 0.15) is 12.1 Å². The van der Waals surface area contributed by atoms with Crippen molar-refractivity contribution in [3.05, 3.63) is 23.8 Å². The van der Waals surface area contributed by atoms with Gasteiger partial charge in [-0.25, -0.2) is 4.79 Å². The number of Topliss-reactive ketones (excluding diaryl/α,β-unsaturated/α-hetero) is 1. The summed E-state index contributed by atoms with van der Waals surface area (Å²) in [6, 6.07) is -3.31. The third-order valence-corrected chi connectivity index (χ3v) is 6.76. The number of urea groups is 1. The van der Waals surface area contributed by atoms with Gasteiger partial charge >= 0.3 is 6.03 Å². The van der Waals surface area contributed by atoms with Crippen LogP contribution < -0.4 is 21.0 Å². The fourth-order valence-corrected chi connectivity index (χ4v) is 4.85. The van der Waals surface area contributed by atoms with Gasteiger partial charge in [0.25, 0.3) is 5.91 Å². The molecule has 0 spiro atoms. The minimum atomic E-state index is -1.01. The average molecular weight is 522 g/mol. The monoisotopic (exact) mass is 521 g/mol. The third-order valence-electron chi connectivity index (χ3n) is 6.50. The van der Waals surface area contributed by atoms with Gasteiger partial charge in [0.05, 0.1) is 6.04 Å². The fourth-order valence-electron chi connectivity index (χ4n) is 4.76. The second-order valence-electron chi connectivity index (χ2n) is 10.6. The van der Waals surface area contributed by atoms with Crippen LogP contribution in [-0.4, -0.2) is 65.7 Å². The van der Waals surface area contributed by atoms with Gasteiger partial charge in [0.2, 0.25) is 17.6 Å². The first-order valence-corrected chi connectivity index (χ1v) is 12.9. The van der Waals surface area contributed by atoms with E-state index in [0.29, 0.717) is 13.0 Å². The Hall–Kier alpha value is -2.74. The highest BCUT2D eigenvalue weighted by molar-refractivity contribution is 7.15. The zero-order valence-corrected chi connectivity index (χ0v) is 23.2. The molecule has 0 saturated carbocycles. The molecule has 2 aliphatic rings. The van der Waals surface area contributed by atoms with Crippen LogP contribution in [0.15, 0.2) is 23.8 Å². The number of nitrogens with one attached hydrogen (secondary N) is 4. The van der Waals surface area contributed by atoms with Crippen molar-refractivity contribution in [2.75, 3.05) is 13.1 Å². The smallest absolute Gasteiger partial charge is 0.318 e. The molecule has 5 amide bonds. The molecule has 0 radical (unpaired) electrons. The van der Waals surface area contributed by atoms with Crippen LogP contribution in [0.25, 0.3) is 0 Å². The second-order valence-corrected chi connectivity index (χ2v) is 10.9. The van der Waals surface area contributed by atoms with Crippen LogP contribution in [0, 0.1) is 17.3 Å². The predicted octanol–water partition coefficient (Wildman–Crippen LogP) is 1.44. The van der Waals surface area contributed by atoms with Gasteiger partial charge in [-0.3, -0.25) is 19.2 Å². The summed E-state index contributed by atoms with van der Waals surface area (Å²) in [5.41, 5.74) is 1.41. The number of carbonyl (C=O) groups excluding carboxylic acids is 5. The van der Waals surface area contributed by atoms with Crippen molar-refractivity contribution >= 4 is 38.9 Å². The van der Waals surface area contributed by atoms with Gasteiger partial charge in [-0.05, 0) is 32.7 Å². The Morgan fingerprint density at radius 1 is 1.17 bits per heavy atom. The number of nitrogens with zero attached hydrogens (tertiary/aromatic N) is 1. The lowest BCUT2D eigenvalue weighted by Crippen LogP contribution is -2.60. The van der Waals surface area contributed by atoms with E-state index in [1.54, 1.807) is 0 Å². The van der Waals surface area contributed by atoms with Crippen LogP contribution >= 0.6 is 9.39 Å². The van der Waals surface area contributed by atoms with Crippen LogP contribution in [0.3, 0.4) is 0 Å². The number of hydrogen-bond acceptors (Lipinski definition) is 5. The Balaban J connectivity index is 2.35. The molecule has 2 rings (SSSR count). The molecule has 0 bridgehead atoms. The molecular weight excluding hydrogens is 481 g/mol. The molecular formula is C25H40N5O5P. The molecule has 1 aliphatic carbocycles. The van der Waals surface area contributed by atoms with Crippen LogP contribution in [0.2, 0.25) is 0 Å². The first-order valence-electron chi connectivity index (χ1n) is 12.3. The number of rotatable bonds is 11. The van der Waals surface area contributed by atoms with Gasteiger partial charge in [-0.2, -0.15) is 0 Å². The highest BCUT2D eigenvalue weighted by Crippen LogP contribution is 2.53. The number of amides is 5. The minimum absolute atomic E-state index is 0.0112. The fraction of sp³-hybridized carbons (Fsp3) is 0.640. The lowest BCUT2D eigenvalue weighted by Gasteiger charge is -2.36. The molecule has 36 heavy (non-hydrogen) atoms. The molecule has 5 atom stereocenters. The molecule has 200 valence electrons. The Bertz CT molecular complexity index is 955. The standard InChI is InChI=1S/C25H40N5O5P/c1-8-10-15(19(31)22(33)26-11-9-2)27-21(32)18-17-14(16(17)13(3)4)12-30(18)23(34)20(25(5,6)7)28-24(35)29-36/h9,13-15,18,20H,2,8,10-12,36H2,1,3-7H3,(H,26,33)(H,27,32)(H2,28,29,35)/t14-,15?,18+,20-/m1/s1. The quantitative estimate of drug-likeness (QED) is 0.185. The van der Waals surface area contributed by atoms with Crippen molar-refractivity contribution in [2.24, 2.45) is 17.3 Å². The van der Waals surface area contributed by atoms with Crippen molar-refractivity contribution in [1.29, 1.82) is 0 Å². The molecule has 1 fully saturated rings. The van der Waals surface area contributed by atoms with E-state index in [0.717, 1.165) is 11.1 Å². The van der Waals surface area contributed by atoms with Crippen LogP contribution in [-0.2, 0) is 19.2 Å². The Morgan fingerprint density at radius 2 is 1.81 bits per heavy atom. The summed E-state index contributed by atoms with van der Waals surface area (Å²) in [6.45, 7) is 15.4. The van der Waals surface area contributed by atoms with E-state index < -0.39 is 47.2 Å². The average Bonchev–Trinajstić information content (AvgIpc) is 3.38. The normalized spacial score (nSPS) is 20.3. The van der Waals surface area contributed by atoms with E-state index in [4.69, 9.17) is 0 Å². The van der Waals surface area contributed by atoms with E-state index in [9.17, 15) is 24.0 Å². The Labute approximate surface area is 215 Å². The molecule has 0 aromatic heterocycles. The van der Waals surface area contributed by atoms with E-state index in [1.165, 1.54) is 11.0 Å². The summed E-state index contributed by atoms with van der Waals surface area (Å²) in [7, 11) is 2.09. The molecule has 10 nitrogen and oxygen atoms in total. The topological polar surface area (TPSA) is 137 Å². The molecule has 1 aliphatic heterocycles. The summed E-state index contributed by atoms with van der Waals surface area (Å²) < 4.78 is 0. The van der Waals surface area contributed by atoms with Crippen LogP contribution in [0.4, 0.5) is 4.79 Å². The molecule has 11 heteroatoms. The van der Waals surface area contributed by atoms with Gasteiger partial charge < -0.3 is 25.9 Å². The summed E-state index contributed by atoms with van der Waals surface area (Å²) in [4.78, 5) is 65.9. The molecule has 1 heterocycles. The minimum Gasteiger partial charge on any atom is -0.346 e. The van der Waals surface area contributed by atoms with Gasteiger partial charge in [0, 0.05) is 19.0 Å². The van der Waals surface area contributed by atoms with Crippen molar-refractivity contribution in [3.63, 3.8) is 0 Å². The molecule has 4 N–H and O–H groups in total. The van der Waals surface area contributed by atoms with Crippen LogP contribution in [0.5, 0.6) is 0 Å². The first-order chi connectivity index (χ1) is 16.8. The van der Waals surface area contributed by atoms with Crippen molar-refractivity contribution in [3.8, 4) is 0 Å². The maximum atomic E-state index is 13.7. The lowest BCUT2D eigenvalue weighted by molar-refractivity contribution is -0.143. The molecule has 2 unspecified atom stereocenters. The Kier molecular flexibility index (Phi) is 9.83. The number of carbonyl (C=O) groups is 5. The zero-order chi connectivity index (χ0) is 27.4. The second kappa shape index (κ2) is 12.0. The summed E-state index contributed by atoms with van der Waals surface area (Å²) >= 11 is 0. The third kappa shape index (κ3) is 6.52. The van der Waals surface area contributed by atoms with Gasteiger partial charge in [-0.1, -0.05) is 59.6 Å².